The van der Waals surface area contributed by atoms with Crippen molar-refractivity contribution in [3.8, 4) is 0 Å². The quantitative estimate of drug-likeness (QED) is 0.661. The van der Waals surface area contributed by atoms with Crippen LogP contribution in [0.4, 0.5) is 13.2 Å². The van der Waals surface area contributed by atoms with E-state index in [1.807, 2.05) is 6.07 Å². The first-order chi connectivity index (χ1) is 11.8. The molecule has 1 saturated carbocycles. The van der Waals surface area contributed by atoms with Crippen LogP contribution in [0.3, 0.4) is 0 Å². The Hall–Kier alpha value is -2.09. The molecule has 0 aromatic heterocycles. The Bertz CT molecular complexity index is 589. The number of benzene rings is 1. The van der Waals surface area contributed by atoms with E-state index in [0.29, 0.717) is 12.8 Å². The van der Waals surface area contributed by atoms with E-state index in [0.717, 1.165) is 5.56 Å². The smallest absolute Gasteiger partial charge is 0.357 e. The van der Waals surface area contributed by atoms with Crippen LogP contribution in [0.5, 0.6) is 0 Å². The van der Waals surface area contributed by atoms with Gasteiger partial charge in [0.2, 0.25) is 11.8 Å². The van der Waals surface area contributed by atoms with Gasteiger partial charge < -0.3 is 16.0 Å². The molecule has 1 aliphatic rings. The Labute approximate surface area is 144 Å². The topological polar surface area (TPSA) is 70.2 Å². The van der Waals surface area contributed by atoms with Crippen molar-refractivity contribution < 1.29 is 22.8 Å². The highest BCUT2D eigenvalue weighted by Gasteiger charge is 2.43. The van der Waals surface area contributed by atoms with Crippen molar-refractivity contribution in [3.05, 3.63) is 35.9 Å². The van der Waals surface area contributed by atoms with Crippen molar-refractivity contribution >= 4 is 11.8 Å². The molecule has 2 unspecified atom stereocenters. The van der Waals surface area contributed by atoms with Gasteiger partial charge in [-0.05, 0) is 18.4 Å². The lowest BCUT2D eigenvalue weighted by Gasteiger charge is -2.23. The largest absolute Gasteiger partial charge is 0.404 e. The summed E-state index contributed by atoms with van der Waals surface area (Å²) >= 11 is 0. The van der Waals surface area contributed by atoms with Crippen molar-refractivity contribution in [1.82, 2.24) is 16.0 Å². The van der Waals surface area contributed by atoms with E-state index in [9.17, 15) is 22.8 Å². The maximum absolute atomic E-state index is 13.1. The summed E-state index contributed by atoms with van der Waals surface area (Å²) in [6, 6.07) is 5.96. The molecule has 1 aromatic rings. The Morgan fingerprint density at radius 2 is 1.84 bits per heavy atom. The number of nitrogens with one attached hydrogen (secondary N) is 3. The van der Waals surface area contributed by atoms with Gasteiger partial charge in [0.1, 0.15) is 12.1 Å². The standard InChI is InChI=1S/C17H22F3N3O2/c1-21-16(25)13(9-11-5-3-2-4-6-11)23-15(24)10-14(17(18,19)20)22-12-7-8-12/h2-6,12-14,22H,7-10H2,1H3,(H,21,25)(H,23,24). The number of alkyl halides is 3. The zero-order chi connectivity index (χ0) is 18.4. The summed E-state index contributed by atoms with van der Waals surface area (Å²) in [6.45, 7) is 0. The fourth-order valence-electron chi connectivity index (χ4n) is 2.48. The first-order valence-electron chi connectivity index (χ1n) is 8.17. The fraction of sp³-hybridized carbons (Fsp3) is 0.529. The molecular formula is C17H22F3N3O2. The molecule has 3 N–H and O–H groups in total. The van der Waals surface area contributed by atoms with Crippen molar-refractivity contribution in [3.63, 3.8) is 0 Å². The zero-order valence-corrected chi connectivity index (χ0v) is 13.9. The van der Waals surface area contributed by atoms with Gasteiger partial charge in [0, 0.05) is 19.5 Å². The van der Waals surface area contributed by atoms with Gasteiger partial charge in [0.05, 0.1) is 6.42 Å². The van der Waals surface area contributed by atoms with Crippen LogP contribution in [0.25, 0.3) is 0 Å². The van der Waals surface area contributed by atoms with Gasteiger partial charge in [-0.25, -0.2) is 0 Å². The molecule has 1 fully saturated rings. The molecule has 25 heavy (non-hydrogen) atoms. The Kier molecular flexibility index (Phi) is 6.41. The number of likely N-dealkylation sites (N-methyl/N-ethyl adjacent to an activating group) is 1. The maximum atomic E-state index is 13.1. The third-order valence-corrected chi connectivity index (χ3v) is 3.98. The van der Waals surface area contributed by atoms with E-state index in [1.165, 1.54) is 7.05 Å². The van der Waals surface area contributed by atoms with Crippen molar-refractivity contribution in [1.29, 1.82) is 0 Å². The van der Waals surface area contributed by atoms with Crippen LogP contribution in [0.15, 0.2) is 30.3 Å². The minimum Gasteiger partial charge on any atom is -0.357 e. The van der Waals surface area contributed by atoms with E-state index in [4.69, 9.17) is 0 Å². The number of hydrogen-bond donors (Lipinski definition) is 3. The number of hydrogen-bond acceptors (Lipinski definition) is 3. The van der Waals surface area contributed by atoms with Gasteiger partial charge in [-0.2, -0.15) is 13.2 Å². The minimum atomic E-state index is -4.51. The molecule has 1 aliphatic carbocycles. The van der Waals surface area contributed by atoms with E-state index < -0.39 is 36.5 Å². The Balaban J connectivity index is 1.98. The summed E-state index contributed by atoms with van der Waals surface area (Å²) in [7, 11) is 1.42. The second-order valence-electron chi connectivity index (χ2n) is 6.16. The summed E-state index contributed by atoms with van der Waals surface area (Å²) in [5.74, 6) is -1.25. The van der Waals surface area contributed by atoms with E-state index in [-0.39, 0.29) is 12.5 Å². The number of halogens is 3. The van der Waals surface area contributed by atoms with Gasteiger partial charge in [0.15, 0.2) is 0 Å². The normalized spacial score (nSPS) is 16.8. The summed E-state index contributed by atoms with van der Waals surface area (Å²) < 4.78 is 39.2. The van der Waals surface area contributed by atoms with Gasteiger partial charge in [-0.1, -0.05) is 30.3 Å². The van der Waals surface area contributed by atoms with Crippen molar-refractivity contribution in [2.45, 2.75) is 50.0 Å². The molecule has 0 saturated heterocycles. The average molecular weight is 357 g/mol. The van der Waals surface area contributed by atoms with Crippen LogP contribution in [-0.2, 0) is 16.0 Å². The van der Waals surface area contributed by atoms with E-state index in [2.05, 4.69) is 16.0 Å². The molecule has 2 amide bonds. The molecule has 2 rings (SSSR count). The molecule has 5 nitrogen and oxygen atoms in total. The zero-order valence-electron chi connectivity index (χ0n) is 13.9. The molecule has 0 spiro atoms. The second kappa shape index (κ2) is 8.33. The van der Waals surface area contributed by atoms with Crippen molar-refractivity contribution in [2.75, 3.05) is 7.05 Å². The van der Waals surface area contributed by atoms with Crippen molar-refractivity contribution in [2.24, 2.45) is 0 Å². The number of amides is 2. The predicted molar refractivity (Wildman–Crippen MR) is 86.8 cm³/mol. The van der Waals surface area contributed by atoms with Crippen LogP contribution in [-0.4, -0.2) is 43.2 Å². The molecule has 1 aromatic carbocycles. The monoisotopic (exact) mass is 357 g/mol. The first-order valence-corrected chi connectivity index (χ1v) is 8.17. The third-order valence-electron chi connectivity index (χ3n) is 3.98. The lowest BCUT2D eigenvalue weighted by Crippen LogP contribution is -2.51. The maximum Gasteiger partial charge on any atom is 0.404 e. The highest BCUT2D eigenvalue weighted by Crippen LogP contribution is 2.27. The molecule has 8 heteroatoms. The first kappa shape index (κ1) is 19.2. The molecule has 0 bridgehead atoms. The molecular weight excluding hydrogens is 335 g/mol. The summed E-state index contributed by atoms with van der Waals surface area (Å²) in [6.07, 6.45) is -3.69. The predicted octanol–water partition coefficient (Wildman–Crippen LogP) is 1.53. The molecule has 0 aliphatic heterocycles. The minimum absolute atomic E-state index is 0.182. The molecule has 138 valence electrons. The van der Waals surface area contributed by atoms with Gasteiger partial charge in [-0.15, -0.1) is 0 Å². The second-order valence-corrected chi connectivity index (χ2v) is 6.16. The van der Waals surface area contributed by atoms with Crippen LogP contribution < -0.4 is 16.0 Å². The third kappa shape index (κ3) is 6.38. The average Bonchev–Trinajstić information content (AvgIpc) is 3.37. The summed E-state index contributed by atoms with van der Waals surface area (Å²) in [5, 5.41) is 7.29. The SMILES string of the molecule is CNC(=O)C(Cc1ccccc1)NC(=O)CC(NC1CC1)C(F)(F)F. The molecule has 0 heterocycles. The lowest BCUT2D eigenvalue weighted by molar-refractivity contribution is -0.162. The number of carbonyl (C=O) groups is 2. The Morgan fingerprint density at radius 3 is 2.36 bits per heavy atom. The fourth-order valence-corrected chi connectivity index (χ4v) is 2.48. The number of carbonyl (C=O) groups excluding carboxylic acids is 2. The Morgan fingerprint density at radius 1 is 1.20 bits per heavy atom. The van der Waals surface area contributed by atoms with E-state index >= 15 is 0 Å². The highest BCUT2D eigenvalue weighted by molar-refractivity contribution is 5.87. The lowest BCUT2D eigenvalue weighted by atomic mass is 10.0. The van der Waals surface area contributed by atoms with Crippen LogP contribution in [0, 0.1) is 0 Å². The molecule has 2 atom stereocenters. The van der Waals surface area contributed by atoms with Gasteiger partial charge in [-0.3, -0.25) is 9.59 Å². The van der Waals surface area contributed by atoms with Crippen LogP contribution in [0.2, 0.25) is 0 Å². The summed E-state index contributed by atoms with van der Waals surface area (Å²) in [4.78, 5) is 24.1. The number of rotatable bonds is 8. The van der Waals surface area contributed by atoms with Gasteiger partial charge in [0.25, 0.3) is 0 Å². The van der Waals surface area contributed by atoms with Crippen LogP contribution >= 0.6 is 0 Å². The van der Waals surface area contributed by atoms with Gasteiger partial charge >= 0.3 is 6.18 Å². The molecule has 0 radical (unpaired) electrons. The highest BCUT2D eigenvalue weighted by atomic mass is 19.4. The summed E-state index contributed by atoms with van der Waals surface area (Å²) in [5.41, 5.74) is 0.805. The van der Waals surface area contributed by atoms with Crippen LogP contribution in [0.1, 0.15) is 24.8 Å². The van der Waals surface area contributed by atoms with E-state index in [1.54, 1.807) is 24.3 Å².